The van der Waals surface area contributed by atoms with E-state index < -0.39 is 0 Å². The number of nitrogens with two attached hydrogens (primary N) is 1. The van der Waals surface area contributed by atoms with Crippen molar-refractivity contribution in [3.63, 3.8) is 0 Å². The van der Waals surface area contributed by atoms with Crippen LogP contribution in [-0.2, 0) is 11.3 Å². The van der Waals surface area contributed by atoms with Crippen LogP contribution in [0.2, 0.25) is 0 Å². The number of nitrogens with one attached hydrogen (secondary N) is 1. The summed E-state index contributed by atoms with van der Waals surface area (Å²) in [7, 11) is 0. The van der Waals surface area contributed by atoms with E-state index in [9.17, 15) is 4.79 Å². The molecular formula is C16H25N3O. The number of hydrogen-bond donors (Lipinski definition) is 2. The molecule has 0 spiro atoms. The van der Waals surface area contributed by atoms with Crippen molar-refractivity contribution in [2.24, 2.45) is 11.7 Å². The van der Waals surface area contributed by atoms with Gasteiger partial charge in [0.15, 0.2) is 0 Å². The zero-order chi connectivity index (χ0) is 14.4. The number of carbonyl (C=O) groups excluding carboxylic acids is 1. The zero-order valence-electron chi connectivity index (χ0n) is 12.3. The van der Waals surface area contributed by atoms with Crippen LogP contribution in [0.15, 0.2) is 24.3 Å². The molecule has 4 nitrogen and oxygen atoms in total. The lowest BCUT2D eigenvalue weighted by molar-refractivity contribution is -0.117. The van der Waals surface area contributed by atoms with Crippen LogP contribution < -0.4 is 11.1 Å². The Morgan fingerprint density at radius 1 is 1.45 bits per heavy atom. The van der Waals surface area contributed by atoms with Crippen LogP contribution in [0, 0.1) is 5.92 Å². The SMILES string of the molecule is CCCC1CCN(CC(=O)Nc2ccccc2CN)C1. The topological polar surface area (TPSA) is 58.4 Å². The van der Waals surface area contributed by atoms with Crippen LogP contribution in [-0.4, -0.2) is 30.4 Å². The number of amides is 1. The summed E-state index contributed by atoms with van der Waals surface area (Å²) >= 11 is 0. The van der Waals surface area contributed by atoms with Gasteiger partial charge in [0.05, 0.1) is 6.54 Å². The molecular weight excluding hydrogens is 250 g/mol. The van der Waals surface area contributed by atoms with Crippen LogP contribution in [0.25, 0.3) is 0 Å². The molecule has 1 amide bonds. The first-order chi connectivity index (χ1) is 9.72. The number of anilines is 1. The first kappa shape index (κ1) is 15.0. The van der Waals surface area contributed by atoms with Gasteiger partial charge in [-0.1, -0.05) is 31.5 Å². The van der Waals surface area contributed by atoms with Gasteiger partial charge >= 0.3 is 0 Å². The Labute approximate surface area is 121 Å². The van der Waals surface area contributed by atoms with Gasteiger partial charge in [-0.2, -0.15) is 0 Å². The van der Waals surface area contributed by atoms with Gasteiger partial charge in [0.2, 0.25) is 5.91 Å². The molecule has 4 heteroatoms. The summed E-state index contributed by atoms with van der Waals surface area (Å²) in [6.45, 7) is 5.24. The molecule has 1 aliphatic heterocycles. The van der Waals surface area contributed by atoms with Crippen molar-refractivity contribution in [3.8, 4) is 0 Å². The fourth-order valence-corrected chi connectivity index (χ4v) is 2.91. The van der Waals surface area contributed by atoms with E-state index in [1.165, 1.54) is 19.3 Å². The summed E-state index contributed by atoms with van der Waals surface area (Å²) < 4.78 is 0. The average molecular weight is 275 g/mol. The summed E-state index contributed by atoms with van der Waals surface area (Å²) in [5.41, 5.74) is 7.49. The van der Waals surface area contributed by atoms with E-state index >= 15 is 0 Å². The molecule has 20 heavy (non-hydrogen) atoms. The minimum atomic E-state index is 0.0584. The fraction of sp³-hybridized carbons (Fsp3) is 0.562. The summed E-state index contributed by atoms with van der Waals surface area (Å²) in [6, 6.07) is 7.71. The number of rotatable bonds is 6. The maximum atomic E-state index is 12.1. The van der Waals surface area contributed by atoms with Crippen molar-refractivity contribution in [2.45, 2.75) is 32.7 Å². The van der Waals surface area contributed by atoms with Crippen molar-refractivity contribution < 1.29 is 4.79 Å². The summed E-state index contributed by atoms with van der Waals surface area (Å²) in [4.78, 5) is 14.4. The minimum absolute atomic E-state index is 0.0584. The molecule has 0 radical (unpaired) electrons. The third-order valence-electron chi connectivity index (χ3n) is 3.95. The second-order valence-electron chi connectivity index (χ2n) is 5.59. The zero-order valence-corrected chi connectivity index (χ0v) is 12.3. The third-order valence-corrected chi connectivity index (χ3v) is 3.95. The molecule has 0 bridgehead atoms. The number of para-hydroxylation sites is 1. The van der Waals surface area contributed by atoms with Crippen molar-refractivity contribution >= 4 is 11.6 Å². The molecule has 1 saturated heterocycles. The van der Waals surface area contributed by atoms with Crippen LogP contribution in [0.3, 0.4) is 0 Å². The predicted octanol–water partition coefficient (Wildman–Crippen LogP) is 2.21. The number of likely N-dealkylation sites (tertiary alicyclic amines) is 1. The molecule has 1 heterocycles. The highest BCUT2D eigenvalue weighted by Gasteiger charge is 2.23. The highest BCUT2D eigenvalue weighted by Crippen LogP contribution is 2.21. The first-order valence-electron chi connectivity index (χ1n) is 7.53. The van der Waals surface area contributed by atoms with Gasteiger partial charge in [0.25, 0.3) is 0 Å². The van der Waals surface area contributed by atoms with Gasteiger partial charge in [0, 0.05) is 18.8 Å². The number of hydrogen-bond acceptors (Lipinski definition) is 3. The lowest BCUT2D eigenvalue weighted by Crippen LogP contribution is -2.31. The van der Waals surface area contributed by atoms with E-state index in [-0.39, 0.29) is 5.91 Å². The monoisotopic (exact) mass is 275 g/mol. The molecule has 2 rings (SSSR count). The van der Waals surface area contributed by atoms with Crippen molar-refractivity contribution in [2.75, 3.05) is 25.0 Å². The number of benzene rings is 1. The molecule has 1 aromatic rings. The molecule has 3 N–H and O–H groups in total. The highest BCUT2D eigenvalue weighted by molar-refractivity contribution is 5.93. The average Bonchev–Trinajstić information content (AvgIpc) is 2.87. The molecule has 1 atom stereocenters. The molecule has 0 aliphatic carbocycles. The molecule has 1 aliphatic rings. The van der Waals surface area contributed by atoms with Gasteiger partial charge in [-0.3, -0.25) is 9.69 Å². The number of carbonyl (C=O) groups is 1. The van der Waals surface area contributed by atoms with Crippen molar-refractivity contribution in [1.82, 2.24) is 4.90 Å². The van der Waals surface area contributed by atoms with Crippen LogP contribution >= 0.6 is 0 Å². The Kier molecular flexibility index (Phi) is 5.56. The third kappa shape index (κ3) is 4.05. The largest absolute Gasteiger partial charge is 0.326 e. The Bertz CT molecular complexity index is 447. The Balaban J connectivity index is 1.84. The molecule has 1 fully saturated rings. The fourth-order valence-electron chi connectivity index (χ4n) is 2.91. The Morgan fingerprint density at radius 2 is 2.25 bits per heavy atom. The van der Waals surface area contributed by atoms with Crippen molar-refractivity contribution in [1.29, 1.82) is 0 Å². The van der Waals surface area contributed by atoms with Crippen molar-refractivity contribution in [3.05, 3.63) is 29.8 Å². The lowest BCUT2D eigenvalue weighted by Gasteiger charge is -2.16. The summed E-state index contributed by atoms with van der Waals surface area (Å²) in [6.07, 6.45) is 3.73. The molecule has 1 aromatic carbocycles. The van der Waals surface area contributed by atoms with Gasteiger partial charge in [0.1, 0.15) is 0 Å². The molecule has 1 unspecified atom stereocenters. The summed E-state index contributed by atoms with van der Waals surface area (Å²) in [5.74, 6) is 0.826. The van der Waals surface area contributed by atoms with E-state index in [0.717, 1.165) is 30.3 Å². The molecule has 0 saturated carbocycles. The second-order valence-corrected chi connectivity index (χ2v) is 5.59. The maximum Gasteiger partial charge on any atom is 0.238 e. The minimum Gasteiger partial charge on any atom is -0.326 e. The van der Waals surface area contributed by atoms with E-state index in [4.69, 9.17) is 5.73 Å². The number of nitrogens with zero attached hydrogens (tertiary/aromatic N) is 1. The van der Waals surface area contributed by atoms with E-state index in [1.54, 1.807) is 0 Å². The van der Waals surface area contributed by atoms with Gasteiger partial charge < -0.3 is 11.1 Å². The Hall–Kier alpha value is -1.39. The molecule has 0 aromatic heterocycles. The highest BCUT2D eigenvalue weighted by atomic mass is 16.2. The van der Waals surface area contributed by atoms with Crippen LogP contribution in [0.4, 0.5) is 5.69 Å². The smallest absolute Gasteiger partial charge is 0.238 e. The maximum absolute atomic E-state index is 12.1. The van der Waals surface area contributed by atoms with Gasteiger partial charge in [-0.25, -0.2) is 0 Å². The standard InChI is InChI=1S/C16H25N3O/c1-2-5-13-8-9-19(11-13)12-16(20)18-15-7-4-3-6-14(15)10-17/h3-4,6-7,13H,2,5,8-12,17H2,1H3,(H,18,20). The normalized spacial score (nSPS) is 19.2. The molecule has 110 valence electrons. The van der Waals surface area contributed by atoms with Crippen LogP contribution in [0.5, 0.6) is 0 Å². The Morgan fingerprint density at radius 3 is 3.00 bits per heavy atom. The van der Waals surface area contributed by atoms with E-state index in [2.05, 4.69) is 17.1 Å². The second kappa shape index (κ2) is 7.41. The van der Waals surface area contributed by atoms with Gasteiger partial charge in [-0.15, -0.1) is 0 Å². The first-order valence-corrected chi connectivity index (χ1v) is 7.53. The lowest BCUT2D eigenvalue weighted by atomic mass is 10.0. The van der Waals surface area contributed by atoms with E-state index in [0.29, 0.717) is 13.1 Å². The summed E-state index contributed by atoms with van der Waals surface area (Å²) in [5, 5.41) is 2.97. The van der Waals surface area contributed by atoms with Crippen LogP contribution in [0.1, 0.15) is 31.7 Å². The quantitative estimate of drug-likeness (QED) is 0.837. The van der Waals surface area contributed by atoms with Gasteiger partial charge in [-0.05, 0) is 36.9 Å². The predicted molar refractivity (Wildman–Crippen MR) is 82.4 cm³/mol. The van der Waals surface area contributed by atoms with E-state index in [1.807, 2.05) is 24.3 Å².